The molecule has 1 N–H and O–H groups in total. The Hall–Kier alpha value is -2.80. The Balaban J connectivity index is 1.56. The maximum Gasteiger partial charge on any atom is 0.234 e. The normalized spacial score (nSPS) is 11.8. The van der Waals surface area contributed by atoms with Crippen molar-refractivity contribution >= 4 is 23.4 Å². The quantitative estimate of drug-likeness (QED) is 0.626. The molecule has 7 heteroatoms. The first-order valence-corrected chi connectivity index (χ1v) is 9.62. The van der Waals surface area contributed by atoms with Crippen LogP contribution in [0.25, 0.3) is 0 Å². The highest BCUT2D eigenvalue weighted by Crippen LogP contribution is 2.23. The third-order valence-electron chi connectivity index (χ3n) is 3.96. The SMILES string of the molecule is Cc1ccc(NC(=O)CSc2nnc(C(C)Oc3ccccc3)n2C)cc1. The fourth-order valence-electron chi connectivity index (χ4n) is 2.53. The zero-order chi connectivity index (χ0) is 19.2. The van der Waals surface area contributed by atoms with E-state index in [9.17, 15) is 4.79 Å². The van der Waals surface area contributed by atoms with Crippen molar-refractivity contribution < 1.29 is 9.53 Å². The van der Waals surface area contributed by atoms with Crippen molar-refractivity contribution in [3.8, 4) is 5.75 Å². The minimum atomic E-state index is -0.249. The number of para-hydroxylation sites is 1. The summed E-state index contributed by atoms with van der Waals surface area (Å²) >= 11 is 1.34. The van der Waals surface area contributed by atoms with E-state index in [2.05, 4.69) is 15.5 Å². The Morgan fingerprint density at radius 3 is 2.56 bits per heavy atom. The number of carbonyl (C=O) groups is 1. The van der Waals surface area contributed by atoms with Gasteiger partial charge in [-0.1, -0.05) is 47.7 Å². The van der Waals surface area contributed by atoms with E-state index < -0.39 is 0 Å². The van der Waals surface area contributed by atoms with Crippen LogP contribution >= 0.6 is 11.8 Å². The van der Waals surface area contributed by atoms with Crippen LogP contribution < -0.4 is 10.1 Å². The van der Waals surface area contributed by atoms with Crippen molar-refractivity contribution in [2.75, 3.05) is 11.1 Å². The number of hydrogen-bond donors (Lipinski definition) is 1. The van der Waals surface area contributed by atoms with Gasteiger partial charge in [-0.3, -0.25) is 4.79 Å². The Bertz CT molecular complexity index is 894. The van der Waals surface area contributed by atoms with Gasteiger partial charge in [-0.25, -0.2) is 0 Å². The number of aromatic nitrogens is 3. The number of nitrogens with zero attached hydrogens (tertiary/aromatic N) is 3. The Labute approximate surface area is 163 Å². The summed E-state index contributed by atoms with van der Waals surface area (Å²) in [6.07, 6.45) is -0.249. The average molecular weight is 382 g/mol. The largest absolute Gasteiger partial charge is 0.483 e. The van der Waals surface area contributed by atoms with Gasteiger partial charge in [0.15, 0.2) is 17.1 Å². The van der Waals surface area contributed by atoms with Gasteiger partial charge >= 0.3 is 0 Å². The number of ether oxygens (including phenoxy) is 1. The molecule has 1 unspecified atom stereocenters. The van der Waals surface area contributed by atoms with Crippen LogP contribution in [0.5, 0.6) is 5.75 Å². The van der Waals surface area contributed by atoms with Gasteiger partial charge in [-0.05, 0) is 38.1 Å². The van der Waals surface area contributed by atoms with E-state index in [0.29, 0.717) is 11.0 Å². The fraction of sp³-hybridized carbons (Fsp3) is 0.250. The molecule has 0 aliphatic rings. The maximum atomic E-state index is 12.1. The number of aryl methyl sites for hydroxylation is 1. The number of nitrogens with one attached hydrogen (secondary N) is 1. The lowest BCUT2D eigenvalue weighted by molar-refractivity contribution is -0.113. The van der Waals surface area contributed by atoms with Gasteiger partial charge in [-0.2, -0.15) is 0 Å². The van der Waals surface area contributed by atoms with Gasteiger partial charge in [0.1, 0.15) is 5.75 Å². The topological polar surface area (TPSA) is 69.0 Å². The summed E-state index contributed by atoms with van der Waals surface area (Å²) in [5.41, 5.74) is 1.94. The molecule has 3 rings (SSSR count). The van der Waals surface area contributed by atoms with Gasteiger partial charge in [0.05, 0.1) is 5.75 Å². The molecule has 0 spiro atoms. The first kappa shape index (κ1) is 19.0. The molecule has 2 aromatic carbocycles. The number of benzene rings is 2. The van der Waals surface area contributed by atoms with Crippen LogP contribution in [0.2, 0.25) is 0 Å². The van der Waals surface area contributed by atoms with E-state index in [1.165, 1.54) is 11.8 Å². The third kappa shape index (κ3) is 5.10. The second-order valence-electron chi connectivity index (χ2n) is 6.18. The van der Waals surface area contributed by atoms with Crippen LogP contribution in [0.4, 0.5) is 5.69 Å². The summed E-state index contributed by atoms with van der Waals surface area (Å²) in [4.78, 5) is 12.1. The molecule has 3 aromatic rings. The summed E-state index contributed by atoms with van der Waals surface area (Å²) in [5, 5.41) is 12.0. The molecule has 0 aliphatic carbocycles. The molecule has 1 heterocycles. The zero-order valence-electron chi connectivity index (χ0n) is 15.5. The van der Waals surface area contributed by atoms with E-state index in [4.69, 9.17) is 4.74 Å². The van der Waals surface area contributed by atoms with Crippen LogP contribution in [0.15, 0.2) is 59.8 Å². The second kappa shape index (κ2) is 8.73. The number of anilines is 1. The van der Waals surface area contributed by atoms with Gasteiger partial charge in [0, 0.05) is 12.7 Å². The summed E-state index contributed by atoms with van der Waals surface area (Å²) < 4.78 is 7.76. The van der Waals surface area contributed by atoms with Crippen molar-refractivity contribution in [2.24, 2.45) is 7.05 Å². The number of hydrogen-bond acceptors (Lipinski definition) is 5. The lowest BCUT2D eigenvalue weighted by Gasteiger charge is -2.14. The summed E-state index contributed by atoms with van der Waals surface area (Å²) in [6.45, 7) is 3.94. The molecular weight excluding hydrogens is 360 g/mol. The van der Waals surface area contributed by atoms with Crippen molar-refractivity contribution in [3.63, 3.8) is 0 Å². The van der Waals surface area contributed by atoms with Gasteiger partial charge in [0.25, 0.3) is 0 Å². The van der Waals surface area contributed by atoms with Crippen molar-refractivity contribution in [2.45, 2.75) is 25.1 Å². The molecule has 0 fully saturated rings. The van der Waals surface area contributed by atoms with E-state index in [1.54, 1.807) is 0 Å². The highest BCUT2D eigenvalue weighted by Gasteiger charge is 2.18. The number of rotatable bonds is 7. The van der Waals surface area contributed by atoms with E-state index >= 15 is 0 Å². The Kier molecular flexibility index (Phi) is 6.13. The van der Waals surface area contributed by atoms with Gasteiger partial charge in [0.2, 0.25) is 5.91 Å². The Morgan fingerprint density at radius 2 is 1.85 bits per heavy atom. The number of amides is 1. The summed E-state index contributed by atoms with van der Waals surface area (Å²) in [6, 6.07) is 17.3. The van der Waals surface area contributed by atoms with Crippen LogP contribution in [0.1, 0.15) is 24.4 Å². The molecule has 140 valence electrons. The fourth-order valence-corrected chi connectivity index (χ4v) is 3.24. The van der Waals surface area contributed by atoms with Gasteiger partial charge in [-0.15, -0.1) is 10.2 Å². The molecule has 1 amide bonds. The standard InChI is InChI=1S/C20H22N4O2S/c1-14-9-11-16(12-10-14)21-18(25)13-27-20-23-22-19(24(20)3)15(2)26-17-7-5-4-6-8-17/h4-12,15H,13H2,1-3H3,(H,21,25). The molecular formula is C20H22N4O2S. The predicted octanol–water partition coefficient (Wildman–Crippen LogP) is 3.99. The highest BCUT2D eigenvalue weighted by molar-refractivity contribution is 7.99. The van der Waals surface area contributed by atoms with E-state index in [0.717, 1.165) is 17.0 Å². The first-order valence-electron chi connectivity index (χ1n) is 8.63. The van der Waals surface area contributed by atoms with Crippen LogP contribution in [0.3, 0.4) is 0 Å². The zero-order valence-corrected chi connectivity index (χ0v) is 16.4. The van der Waals surface area contributed by atoms with Gasteiger partial charge < -0.3 is 14.6 Å². The molecule has 1 atom stereocenters. The maximum absolute atomic E-state index is 12.1. The summed E-state index contributed by atoms with van der Waals surface area (Å²) in [7, 11) is 1.88. The molecule has 0 aliphatic heterocycles. The number of thioether (sulfide) groups is 1. The molecule has 6 nitrogen and oxygen atoms in total. The van der Waals surface area contributed by atoms with Crippen molar-refractivity contribution in [1.29, 1.82) is 0 Å². The minimum absolute atomic E-state index is 0.0815. The van der Waals surface area contributed by atoms with Crippen molar-refractivity contribution in [1.82, 2.24) is 14.8 Å². The highest BCUT2D eigenvalue weighted by atomic mass is 32.2. The molecule has 0 saturated carbocycles. The van der Waals surface area contributed by atoms with Crippen LogP contribution in [-0.4, -0.2) is 26.4 Å². The molecule has 0 saturated heterocycles. The predicted molar refractivity (Wildman–Crippen MR) is 107 cm³/mol. The van der Waals surface area contributed by atoms with Crippen LogP contribution in [0, 0.1) is 6.92 Å². The average Bonchev–Trinajstić information content (AvgIpc) is 3.03. The van der Waals surface area contributed by atoms with E-state index in [-0.39, 0.29) is 17.8 Å². The molecule has 0 radical (unpaired) electrons. The lowest BCUT2D eigenvalue weighted by atomic mass is 10.2. The monoisotopic (exact) mass is 382 g/mol. The smallest absolute Gasteiger partial charge is 0.234 e. The first-order chi connectivity index (χ1) is 13.0. The third-order valence-corrected chi connectivity index (χ3v) is 4.98. The summed E-state index contributed by atoms with van der Waals surface area (Å²) in [5.74, 6) is 1.66. The van der Waals surface area contributed by atoms with Crippen molar-refractivity contribution in [3.05, 3.63) is 66.0 Å². The molecule has 1 aromatic heterocycles. The molecule has 27 heavy (non-hydrogen) atoms. The Morgan fingerprint density at radius 1 is 1.15 bits per heavy atom. The van der Waals surface area contributed by atoms with Crippen LogP contribution in [-0.2, 0) is 11.8 Å². The number of carbonyl (C=O) groups excluding carboxylic acids is 1. The lowest BCUT2D eigenvalue weighted by Crippen LogP contribution is -2.14. The minimum Gasteiger partial charge on any atom is -0.483 e. The van der Waals surface area contributed by atoms with E-state index in [1.807, 2.05) is 80.1 Å². The second-order valence-corrected chi connectivity index (χ2v) is 7.12. The molecule has 0 bridgehead atoms.